The number of halogens is 3. The Bertz CT molecular complexity index is 460. The van der Waals surface area contributed by atoms with Crippen molar-refractivity contribution in [2.24, 2.45) is 5.84 Å². The van der Waals surface area contributed by atoms with Crippen LogP contribution in [0.25, 0.3) is 0 Å². The highest BCUT2D eigenvalue weighted by Gasteiger charge is 2.31. The molecule has 1 rings (SSSR count). The SMILES string of the molecule is Cc1oc(C(=O)NN)cc1CN(CCO)CC(F)(F)F. The third-order valence-electron chi connectivity index (χ3n) is 2.59. The number of amides is 1. The molecule has 0 unspecified atom stereocenters. The zero-order valence-corrected chi connectivity index (χ0v) is 10.8. The highest BCUT2D eigenvalue weighted by atomic mass is 19.4. The first-order valence-electron chi connectivity index (χ1n) is 5.77. The molecular formula is C11H16F3N3O3. The molecule has 0 bridgehead atoms. The smallest absolute Gasteiger partial charge is 0.401 e. The average molecular weight is 295 g/mol. The molecule has 0 fully saturated rings. The van der Waals surface area contributed by atoms with Crippen LogP contribution in [0.2, 0.25) is 0 Å². The van der Waals surface area contributed by atoms with Gasteiger partial charge in [0.25, 0.3) is 0 Å². The van der Waals surface area contributed by atoms with Crippen molar-refractivity contribution in [3.05, 3.63) is 23.2 Å². The van der Waals surface area contributed by atoms with Gasteiger partial charge in [-0.1, -0.05) is 0 Å². The number of nitrogens with zero attached hydrogens (tertiary/aromatic N) is 1. The van der Waals surface area contributed by atoms with Crippen LogP contribution in [0.4, 0.5) is 13.2 Å². The Morgan fingerprint density at radius 1 is 1.55 bits per heavy atom. The topological polar surface area (TPSA) is 91.7 Å². The van der Waals surface area contributed by atoms with Gasteiger partial charge in [-0.3, -0.25) is 15.1 Å². The highest BCUT2D eigenvalue weighted by molar-refractivity contribution is 5.91. The molecule has 0 saturated heterocycles. The fourth-order valence-corrected chi connectivity index (χ4v) is 1.71. The normalized spacial score (nSPS) is 11.9. The Kier molecular flexibility index (Phi) is 5.54. The summed E-state index contributed by atoms with van der Waals surface area (Å²) in [7, 11) is 0. The lowest BCUT2D eigenvalue weighted by Crippen LogP contribution is -2.35. The minimum Gasteiger partial charge on any atom is -0.456 e. The van der Waals surface area contributed by atoms with Gasteiger partial charge in [0, 0.05) is 18.7 Å². The summed E-state index contributed by atoms with van der Waals surface area (Å²) in [5, 5.41) is 8.80. The number of rotatable bonds is 6. The summed E-state index contributed by atoms with van der Waals surface area (Å²) in [4.78, 5) is 12.3. The second-order valence-corrected chi connectivity index (χ2v) is 4.21. The predicted octanol–water partition coefficient (Wildman–Crippen LogP) is 0.548. The molecule has 4 N–H and O–H groups in total. The lowest BCUT2D eigenvalue weighted by molar-refractivity contribution is -0.148. The van der Waals surface area contributed by atoms with Crippen molar-refractivity contribution in [3.8, 4) is 0 Å². The van der Waals surface area contributed by atoms with E-state index in [0.29, 0.717) is 11.3 Å². The monoisotopic (exact) mass is 295 g/mol. The fourth-order valence-electron chi connectivity index (χ4n) is 1.71. The van der Waals surface area contributed by atoms with E-state index in [2.05, 4.69) is 0 Å². The number of nitrogens with one attached hydrogen (secondary N) is 1. The number of hydrazine groups is 1. The van der Waals surface area contributed by atoms with E-state index in [1.165, 1.54) is 13.0 Å². The molecule has 0 saturated carbocycles. The van der Waals surface area contributed by atoms with Crippen LogP contribution in [0.3, 0.4) is 0 Å². The summed E-state index contributed by atoms with van der Waals surface area (Å²) >= 11 is 0. The van der Waals surface area contributed by atoms with Crippen LogP contribution in [0.1, 0.15) is 21.9 Å². The zero-order valence-electron chi connectivity index (χ0n) is 10.8. The van der Waals surface area contributed by atoms with Crippen molar-refractivity contribution in [2.45, 2.75) is 19.6 Å². The number of carbonyl (C=O) groups is 1. The molecule has 6 nitrogen and oxygen atoms in total. The van der Waals surface area contributed by atoms with E-state index in [1.807, 2.05) is 5.43 Å². The average Bonchev–Trinajstić information content (AvgIpc) is 2.68. The number of hydrogen-bond donors (Lipinski definition) is 3. The minimum atomic E-state index is -4.37. The van der Waals surface area contributed by atoms with Gasteiger partial charge >= 0.3 is 12.1 Å². The van der Waals surface area contributed by atoms with Crippen molar-refractivity contribution in [2.75, 3.05) is 19.7 Å². The number of aliphatic hydroxyl groups excluding tert-OH is 1. The van der Waals surface area contributed by atoms with Gasteiger partial charge < -0.3 is 9.52 Å². The molecule has 0 aliphatic heterocycles. The standard InChI is InChI=1S/C11H16F3N3O3/c1-7-8(4-9(20-7)10(19)16-15)5-17(2-3-18)6-11(12,13)14/h4,18H,2-3,5-6,15H2,1H3,(H,16,19). The molecule has 0 radical (unpaired) electrons. The van der Waals surface area contributed by atoms with Crippen LogP contribution >= 0.6 is 0 Å². The van der Waals surface area contributed by atoms with Crippen molar-refractivity contribution in [1.29, 1.82) is 0 Å². The first-order chi connectivity index (χ1) is 9.26. The van der Waals surface area contributed by atoms with Crippen LogP contribution in [-0.4, -0.2) is 41.8 Å². The van der Waals surface area contributed by atoms with E-state index in [-0.39, 0.29) is 18.8 Å². The third kappa shape index (κ3) is 4.83. The molecule has 20 heavy (non-hydrogen) atoms. The predicted molar refractivity (Wildman–Crippen MR) is 63.5 cm³/mol. The molecule has 1 aromatic rings. The fraction of sp³-hybridized carbons (Fsp3) is 0.545. The summed E-state index contributed by atoms with van der Waals surface area (Å²) in [6.45, 7) is -0.247. The Morgan fingerprint density at radius 3 is 2.70 bits per heavy atom. The van der Waals surface area contributed by atoms with Gasteiger partial charge in [0.1, 0.15) is 5.76 Å². The van der Waals surface area contributed by atoms with E-state index in [1.54, 1.807) is 0 Å². The Morgan fingerprint density at radius 2 is 2.20 bits per heavy atom. The number of nitrogen functional groups attached to an aromatic ring is 1. The number of aliphatic hydroxyl groups is 1. The minimum absolute atomic E-state index is 0.0732. The van der Waals surface area contributed by atoms with Crippen LogP contribution in [0.15, 0.2) is 10.5 Å². The Balaban J connectivity index is 2.83. The lowest BCUT2D eigenvalue weighted by Gasteiger charge is -2.22. The van der Waals surface area contributed by atoms with Gasteiger partial charge in [-0.25, -0.2) is 5.84 Å². The molecule has 1 amide bonds. The number of carbonyl (C=O) groups excluding carboxylic acids is 1. The van der Waals surface area contributed by atoms with Gasteiger partial charge in [-0.05, 0) is 13.0 Å². The Hall–Kier alpha value is -1.58. The molecule has 1 aromatic heterocycles. The molecule has 114 valence electrons. The summed E-state index contributed by atoms with van der Waals surface area (Å²) in [5.41, 5.74) is 2.30. The third-order valence-corrected chi connectivity index (χ3v) is 2.59. The van der Waals surface area contributed by atoms with Crippen LogP contribution < -0.4 is 11.3 Å². The largest absolute Gasteiger partial charge is 0.456 e. The molecule has 0 aliphatic carbocycles. The van der Waals surface area contributed by atoms with E-state index >= 15 is 0 Å². The second-order valence-electron chi connectivity index (χ2n) is 4.21. The first-order valence-corrected chi connectivity index (χ1v) is 5.77. The van der Waals surface area contributed by atoms with Gasteiger partial charge in [-0.2, -0.15) is 13.2 Å². The van der Waals surface area contributed by atoms with Crippen molar-refractivity contribution in [3.63, 3.8) is 0 Å². The molecular weight excluding hydrogens is 279 g/mol. The van der Waals surface area contributed by atoms with Gasteiger partial charge in [0.05, 0.1) is 13.2 Å². The molecule has 1 heterocycles. The van der Waals surface area contributed by atoms with Crippen molar-refractivity contribution in [1.82, 2.24) is 10.3 Å². The zero-order chi connectivity index (χ0) is 15.3. The summed E-state index contributed by atoms with van der Waals surface area (Å²) in [6.07, 6.45) is -4.37. The lowest BCUT2D eigenvalue weighted by atomic mass is 10.2. The maximum Gasteiger partial charge on any atom is 0.401 e. The second kappa shape index (κ2) is 6.73. The van der Waals surface area contributed by atoms with Crippen molar-refractivity contribution >= 4 is 5.91 Å². The van der Waals surface area contributed by atoms with Crippen molar-refractivity contribution < 1.29 is 27.5 Å². The van der Waals surface area contributed by atoms with Crippen LogP contribution in [0, 0.1) is 6.92 Å². The quantitative estimate of drug-likeness (QED) is 0.405. The van der Waals surface area contributed by atoms with Crippen LogP contribution in [-0.2, 0) is 6.54 Å². The molecule has 9 heteroatoms. The van der Waals surface area contributed by atoms with E-state index in [9.17, 15) is 18.0 Å². The summed E-state index contributed by atoms with van der Waals surface area (Å²) < 4.78 is 42.3. The molecule has 0 aliphatic rings. The van der Waals surface area contributed by atoms with E-state index in [4.69, 9.17) is 15.4 Å². The number of hydrogen-bond acceptors (Lipinski definition) is 5. The molecule has 0 aromatic carbocycles. The highest BCUT2D eigenvalue weighted by Crippen LogP contribution is 2.21. The maximum atomic E-state index is 12.4. The number of furan rings is 1. The Labute approximate surface area is 113 Å². The van der Waals surface area contributed by atoms with Crippen LogP contribution in [0.5, 0.6) is 0 Å². The number of aryl methyl sites for hydroxylation is 1. The first kappa shape index (κ1) is 16.5. The van der Waals surface area contributed by atoms with E-state index < -0.39 is 25.2 Å². The number of nitrogens with two attached hydrogens (primary N) is 1. The van der Waals surface area contributed by atoms with Gasteiger partial charge in [-0.15, -0.1) is 0 Å². The summed E-state index contributed by atoms with van der Waals surface area (Å²) in [5.74, 6) is 4.54. The van der Waals surface area contributed by atoms with Gasteiger partial charge in [0.15, 0.2) is 5.76 Å². The van der Waals surface area contributed by atoms with E-state index in [0.717, 1.165) is 4.90 Å². The number of alkyl halides is 3. The van der Waals surface area contributed by atoms with Gasteiger partial charge in [0.2, 0.25) is 0 Å². The molecule has 0 spiro atoms. The molecule has 0 atom stereocenters. The maximum absolute atomic E-state index is 12.4. The summed E-state index contributed by atoms with van der Waals surface area (Å²) in [6, 6.07) is 1.33.